The van der Waals surface area contributed by atoms with Crippen LogP contribution in [0.15, 0.2) is 41.8 Å². The Morgan fingerprint density at radius 1 is 1.14 bits per heavy atom. The van der Waals surface area contributed by atoms with Gasteiger partial charge in [-0.25, -0.2) is 9.69 Å². The maximum absolute atomic E-state index is 12.8. The van der Waals surface area contributed by atoms with Crippen molar-refractivity contribution in [3.8, 4) is 0 Å². The van der Waals surface area contributed by atoms with Gasteiger partial charge in [-0.15, -0.1) is 11.3 Å². The molecule has 3 aliphatic rings. The zero-order chi connectivity index (χ0) is 14.1. The summed E-state index contributed by atoms with van der Waals surface area (Å²) in [5.74, 6) is 0.127. The molecule has 0 unspecified atom stereocenters. The van der Waals surface area contributed by atoms with Crippen LogP contribution in [0.25, 0.3) is 10.1 Å². The van der Waals surface area contributed by atoms with Crippen LogP contribution in [-0.2, 0) is 4.79 Å². The molecule has 1 aliphatic carbocycles. The number of carbonyl (C=O) groups is 2. The van der Waals surface area contributed by atoms with Gasteiger partial charge in [-0.2, -0.15) is 0 Å². The number of thiophene rings is 1. The largest absolute Gasteiger partial charge is 0.332 e. The van der Waals surface area contributed by atoms with E-state index in [2.05, 4.69) is 12.2 Å². The van der Waals surface area contributed by atoms with Gasteiger partial charge in [-0.1, -0.05) is 30.4 Å². The van der Waals surface area contributed by atoms with Gasteiger partial charge in [0.25, 0.3) is 5.91 Å². The van der Waals surface area contributed by atoms with Crippen molar-refractivity contribution in [2.24, 2.45) is 5.92 Å². The van der Waals surface area contributed by atoms with Crippen molar-refractivity contribution in [2.45, 2.75) is 18.5 Å². The van der Waals surface area contributed by atoms with Crippen molar-refractivity contribution < 1.29 is 9.59 Å². The number of fused-ring (bicyclic) bond motifs is 6. The summed E-state index contributed by atoms with van der Waals surface area (Å²) >= 11 is 1.57. The lowest BCUT2D eigenvalue weighted by Crippen LogP contribution is -2.38. The van der Waals surface area contributed by atoms with E-state index < -0.39 is 0 Å². The molecule has 0 saturated carbocycles. The predicted molar refractivity (Wildman–Crippen MR) is 81.4 cm³/mol. The van der Waals surface area contributed by atoms with Crippen molar-refractivity contribution in [3.05, 3.63) is 41.8 Å². The van der Waals surface area contributed by atoms with Crippen LogP contribution < -0.4 is 4.90 Å². The second-order valence-electron chi connectivity index (χ2n) is 5.78. The molecule has 0 spiro atoms. The van der Waals surface area contributed by atoms with Gasteiger partial charge in [0, 0.05) is 21.4 Å². The lowest BCUT2D eigenvalue weighted by molar-refractivity contribution is -0.119. The Morgan fingerprint density at radius 2 is 2.00 bits per heavy atom. The van der Waals surface area contributed by atoms with Crippen molar-refractivity contribution in [1.82, 2.24) is 4.90 Å². The zero-order valence-corrected chi connectivity index (χ0v) is 11.9. The molecule has 104 valence electrons. The Labute approximate surface area is 125 Å². The van der Waals surface area contributed by atoms with Gasteiger partial charge >= 0.3 is 6.03 Å². The van der Waals surface area contributed by atoms with E-state index in [9.17, 15) is 9.59 Å². The van der Waals surface area contributed by atoms with Gasteiger partial charge in [-0.3, -0.25) is 4.79 Å². The van der Waals surface area contributed by atoms with E-state index in [-0.39, 0.29) is 29.9 Å². The summed E-state index contributed by atoms with van der Waals surface area (Å²) in [7, 11) is 0. The SMILES string of the molecule is O=C1[C@@H]2[C@@H]3C=C[C@@H](C3)N2C(=O)N1c1csc2ccccc12. The number of amides is 3. The minimum atomic E-state index is -0.286. The normalized spacial score (nSPS) is 30.0. The van der Waals surface area contributed by atoms with Crippen LogP contribution in [0.5, 0.6) is 0 Å². The molecular formula is C16H12N2O2S. The monoisotopic (exact) mass is 296 g/mol. The summed E-state index contributed by atoms with van der Waals surface area (Å²) in [6.45, 7) is 0. The van der Waals surface area contributed by atoms with Gasteiger partial charge in [0.05, 0.1) is 11.7 Å². The number of anilines is 1. The number of carbonyl (C=O) groups excluding carboxylic acids is 2. The molecule has 5 heteroatoms. The highest BCUT2D eigenvalue weighted by atomic mass is 32.1. The summed E-state index contributed by atoms with van der Waals surface area (Å²) in [6.07, 6.45) is 5.05. The number of hydrogen-bond donors (Lipinski definition) is 0. The molecule has 0 N–H and O–H groups in total. The molecule has 2 aromatic rings. The van der Waals surface area contributed by atoms with E-state index >= 15 is 0 Å². The molecule has 1 aromatic carbocycles. The molecule has 2 bridgehead atoms. The Bertz CT molecular complexity index is 795. The zero-order valence-electron chi connectivity index (χ0n) is 11.1. The van der Waals surface area contributed by atoms with Crippen molar-refractivity contribution in [1.29, 1.82) is 0 Å². The lowest BCUT2D eigenvalue weighted by atomic mass is 10.0. The molecule has 2 aliphatic heterocycles. The van der Waals surface area contributed by atoms with E-state index in [0.29, 0.717) is 0 Å². The molecule has 0 radical (unpaired) electrons. The Balaban J connectivity index is 1.65. The van der Waals surface area contributed by atoms with Gasteiger partial charge in [0.2, 0.25) is 0 Å². The van der Waals surface area contributed by atoms with E-state index in [1.165, 1.54) is 4.90 Å². The Morgan fingerprint density at radius 3 is 2.86 bits per heavy atom. The highest BCUT2D eigenvalue weighted by Gasteiger charge is 2.57. The number of nitrogens with zero attached hydrogens (tertiary/aromatic N) is 2. The van der Waals surface area contributed by atoms with Crippen molar-refractivity contribution >= 4 is 39.0 Å². The van der Waals surface area contributed by atoms with E-state index in [0.717, 1.165) is 22.2 Å². The van der Waals surface area contributed by atoms with Crippen molar-refractivity contribution in [3.63, 3.8) is 0 Å². The predicted octanol–water partition coefficient (Wildman–Crippen LogP) is 3.00. The summed E-state index contributed by atoms with van der Waals surface area (Å²) in [5.41, 5.74) is 0.736. The smallest absolute Gasteiger partial charge is 0.305 e. The Kier molecular flexibility index (Phi) is 2.05. The minimum absolute atomic E-state index is 0.0691. The lowest BCUT2D eigenvalue weighted by Gasteiger charge is -2.22. The van der Waals surface area contributed by atoms with E-state index in [1.807, 2.05) is 29.6 Å². The molecule has 3 heterocycles. The first-order chi connectivity index (χ1) is 10.3. The highest BCUT2D eigenvalue weighted by molar-refractivity contribution is 7.17. The standard InChI is InChI=1S/C16H12N2O2S/c19-15-14-9-5-6-10(7-9)17(14)16(20)18(15)12-8-21-13-4-2-1-3-11(12)13/h1-6,8-10,14H,7H2/t9-,10+,14+/m1/s1. The first kappa shape index (κ1) is 11.5. The first-order valence-corrected chi connectivity index (χ1v) is 7.94. The maximum Gasteiger partial charge on any atom is 0.332 e. The molecule has 2 fully saturated rings. The van der Waals surface area contributed by atoms with E-state index in [1.54, 1.807) is 16.2 Å². The molecule has 1 aromatic heterocycles. The van der Waals surface area contributed by atoms with E-state index in [4.69, 9.17) is 0 Å². The number of imide groups is 1. The Hall–Kier alpha value is -2.14. The van der Waals surface area contributed by atoms with Crippen LogP contribution >= 0.6 is 11.3 Å². The summed E-state index contributed by atoms with van der Waals surface area (Å²) in [4.78, 5) is 28.6. The maximum atomic E-state index is 12.8. The average molecular weight is 296 g/mol. The fraction of sp³-hybridized carbons (Fsp3) is 0.250. The summed E-state index contributed by atoms with van der Waals surface area (Å²) in [6, 6.07) is 7.55. The van der Waals surface area contributed by atoms with Crippen LogP contribution in [0.2, 0.25) is 0 Å². The van der Waals surface area contributed by atoms with Crippen LogP contribution in [-0.4, -0.2) is 28.9 Å². The number of rotatable bonds is 1. The molecule has 4 nitrogen and oxygen atoms in total. The molecule has 3 atom stereocenters. The topological polar surface area (TPSA) is 40.6 Å². The fourth-order valence-corrected chi connectivity index (χ4v) is 4.75. The number of benzene rings is 1. The minimum Gasteiger partial charge on any atom is -0.305 e. The van der Waals surface area contributed by atoms with Crippen LogP contribution in [0, 0.1) is 5.92 Å². The second-order valence-corrected chi connectivity index (χ2v) is 6.69. The third-order valence-corrected chi connectivity index (χ3v) is 5.69. The molecule has 5 rings (SSSR count). The van der Waals surface area contributed by atoms with Crippen LogP contribution in [0.1, 0.15) is 6.42 Å². The van der Waals surface area contributed by atoms with Gasteiger partial charge in [0.1, 0.15) is 6.04 Å². The summed E-state index contributed by atoms with van der Waals surface area (Å²) < 4.78 is 1.10. The average Bonchev–Trinajstić information content (AvgIpc) is 3.23. The molecule has 3 amide bonds. The molecule has 21 heavy (non-hydrogen) atoms. The third-order valence-electron chi connectivity index (χ3n) is 4.74. The quantitative estimate of drug-likeness (QED) is 0.599. The summed E-state index contributed by atoms with van der Waals surface area (Å²) in [5, 5.41) is 2.89. The fourth-order valence-electron chi connectivity index (χ4n) is 3.82. The van der Waals surface area contributed by atoms with Gasteiger partial charge in [-0.05, 0) is 12.5 Å². The first-order valence-electron chi connectivity index (χ1n) is 7.06. The molecule has 2 saturated heterocycles. The van der Waals surface area contributed by atoms with Crippen LogP contribution in [0.4, 0.5) is 10.5 Å². The number of urea groups is 1. The van der Waals surface area contributed by atoms with Gasteiger partial charge in [0.15, 0.2) is 0 Å². The number of hydrogen-bond acceptors (Lipinski definition) is 3. The molecular weight excluding hydrogens is 284 g/mol. The van der Waals surface area contributed by atoms with Crippen molar-refractivity contribution in [2.75, 3.05) is 4.90 Å². The van der Waals surface area contributed by atoms with Gasteiger partial charge < -0.3 is 4.90 Å². The highest BCUT2D eigenvalue weighted by Crippen LogP contribution is 2.45. The second kappa shape index (κ2) is 3.74. The van der Waals surface area contributed by atoms with Crippen LogP contribution in [0.3, 0.4) is 0 Å². The third kappa shape index (κ3) is 1.30.